The Bertz CT molecular complexity index is 458. The summed E-state index contributed by atoms with van der Waals surface area (Å²) in [6.07, 6.45) is 2.55. The number of hydrogen-bond donors (Lipinski definition) is 1. The van der Waals surface area contributed by atoms with Crippen molar-refractivity contribution < 1.29 is 4.79 Å². The Morgan fingerprint density at radius 3 is 2.84 bits per heavy atom. The van der Waals surface area contributed by atoms with Crippen molar-refractivity contribution in [1.82, 2.24) is 9.88 Å². The first-order valence-corrected chi connectivity index (χ1v) is 7.02. The first kappa shape index (κ1) is 14.0. The Hall–Kier alpha value is -1.42. The second-order valence-corrected chi connectivity index (χ2v) is 5.67. The first-order chi connectivity index (χ1) is 9.02. The maximum Gasteiger partial charge on any atom is 0.254 e. The van der Waals surface area contributed by atoms with Crippen molar-refractivity contribution in [2.45, 2.75) is 33.2 Å². The third-order valence-electron chi connectivity index (χ3n) is 3.98. The topological polar surface area (TPSA) is 59.2 Å². The van der Waals surface area contributed by atoms with Gasteiger partial charge in [-0.15, -0.1) is 0 Å². The molecule has 2 atom stereocenters. The van der Waals surface area contributed by atoms with Crippen molar-refractivity contribution in [2.24, 2.45) is 17.6 Å². The fraction of sp³-hybridized carbons (Fsp3) is 0.600. The van der Waals surface area contributed by atoms with E-state index in [9.17, 15) is 4.79 Å². The van der Waals surface area contributed by atoms with Gasteiger partial charge in [0.1, 0.15) is 0 Å². The van der Waals surface area contributed by atoms with Crippen LogP contribution in [0.25, 0.3) is 0 Å². The van der Waals surface area contributed by atoms with E-state index in [4.69, 9.17) is 5.73 Å². The second-order valence-electron chi connectivity index (χ2n) is 5.67. The Balaban J connectivity index is 2.12. The van der Waals surface area contributed by atoms with Crippen LogP contribution in [0.5, 0.6) is 0 Å². The summed E-state index contributed by atoms with van der Waals surface area (Å²) >= 11 is 0. The number of nitrogens with two attached hydrogens (primary N) is 1. The summed E-state index contributed by atoms with van der Waals surface area (Å²) in [7, 11) is 0. The molecule has 1 amide bonds. The molecule has 2 rings (SSSR count). The molecule has 1 fully saturated rings. The van der Waals surface area contributed by atoms with Gasteiger partial charge in [-0.05, 0) is 30.4 Å². The number of nitrogens with zero attached hydrogens (tertiary/aromatic N) is 2. The molecule has 2 N–H and O–H groups in total. The molecule has 0 aromatic carbocycles. The molecule has 1 aromatic heterocycles. The number of likely N-dealkylation sites (tertiary alicyclic amines) is 1. The highest BCUT2D eigenvalue weighted by atomic mass is 16.2. The monoisotopic (exact) mass is 261 g/mol. The van der Waals surface area contributed by atoms with E-state index in [1.807, 2.05) is 17.9 Å². The lowest BCUT2D eigenvalue weighted by atomic mass is 9.92. The van der Waals surface area contributed by atoms with Gasteiger partial charge in [0, 0.05) is 36.6 Å². The molecule has 0 bridgehead atoms. The second kappa shape index (κ2) is 5.70. The number of carbonyl (C=O) groups is 1. The summed E-state index contributed by atoms with van der Waals surface area (Å²) < 4.78 is 0. The lowest BCUT2D eigenvalue weighted by Gasteiger charge is -2.18. The van der Waals surface area contributed by atoms with Crippen LogP contribution >= 0.6 is 0 Å². The van der Waals surface area contributed by atoms with E-state index in [0.717, 1.165) is 24.2 Å². The minimum atomic E-state index is 0.0794. The van der Waals surface area contributed by atoms with Crippen LogP contribution in [0.15, 0.2) is 18.3 Å². The Morgan fingerprint density at radius 1 is 1.53 bits per heavy atom. The maximum atomic E-state index is 12.5. The SMILES string of the molecule is CCc1cc(C(=O)N2C[C@@H](N)[C@H](C(C)C)C2)ccn1. The molecule has 104 valence electrons. The molecule has 0 spiro atoms. The van der Waals surface area contributed by atoms with Crippen LogP contribution in [-0.4, -0.2) is 34.9 Å². The molecular weight excluding hydrogens is 238 g/mol. The molecule has 1 saturated heterocycles. The molecule has 4 nitrogen and oxygen atoms in total. The number of aryl methyl sites for hydroxylation is 1. The minimum Gasteiger partial charge on any atom is -0.337 e. The summed E-state index contributed by atoms with van der Waals surface area (Å²) in [5.74, 6) is 0.989. The van der Waals surface area contributed by atoms with E-state index in [2.05, 4.69) is 18.8 Å². The van der Waals surface area contributed by atoms with Crippen LogP contribution in [-0.2, 0) is 6.42 Å². The molecule has 1 aromatic rings. The normalized spacial score (nSPS) is 23.1. The van der Waals surface area contributed by atoms with Crippen molar-refractivity contribution in [2.75, 3.05) is 13.1 Å². The van der Waals surface area contributed by atoms with Gasteiger partial charge < -0.3 is 10.6 Å². The van der Waals surface area contributed by atoms with Crippen LogP contribution in [0.4, 0.5) is 0 Å². The predicted octanol–water partition coefficient (Wildman–Crippen LogP) is 1.70. The molecule has 0 aliphatic carbocycles. The number of pyridine rings is 1. The van der Waals surface area contributed by atoms with Gasteiger partial charge in [0.2, 0.25) is 0 Å². The third-order valence-corrected chi connectivity index (χ3v) is 3.98. The highest BCUT2D eigenvalue weighted by Crippen LogP contribution is 2.24. The molecule has 4 heteroatoms. The van der Waals surface area contributed by atoms with Crippen LogP contribution in [0, 0.1) is 11.8 Å². The smallest absolute Gasteiger partial charge is 0.254 e. The van der Waals surface area contributed by atoms with Crippen molar-refractivity contribution >= 4 is 5.91 Å². The zero-order valence-corrected chi connectivity index (χ0v) is 12.0. The van der Waals surface area contributed by atoms with E-state index >= 15 is 0 Å². The highest BCUT2D eigenvalue weighted by Gasteiger charge is 2.34. The van der Waals surface area contributed by atoms with Crippen LogP contribution < -0.4 is 5.73 Å². The fourth-order valence-electron chi connectivity index (χ4n) is 2.71. The molecular formula is C15H23N3O. The minimum absolute atomic E-state index is 0.0794. The van der Waals surface area contributed by atoms with Crippen LogP contribution in [0.1, 0.15) is 36.8 Å². The lowest BCUT2D eigenvalue weighted by Crippen LogP contribution is -2.33. The van der Waals surface area contributed by atoms with Crippen molar-refractivity contribution in [3.05, 3.63) is 29.6 Å². The van der Waals surface area contributed by atoms with Crippen molar-refractivity contribution in [3.8, 4) is 0 Å². The maximum absolute atomic E-state index is 12.5. The average Bonchev–Trinajstić information content (AvgIpc) is 2.80. The average molecular weight is 261 g/mol. The molecule has 19 heavy (non-hydrogen) atoms. The van der Waals surface area contributed by atoms with Gasteiger partial charge in [0.25, 0.3) is 5.91 Å². The number of carbonyl (C=O) groups excluding carboxylic acids is 1. The number of rotatable bonds is 3. The number of amides is 1. The summed E-state index contributed by atoms with van der Waals surface area (Å²) in [4.78, 5) is 18.6. The Morgan fingerprint density at radius 2 is 2.26 bits per heavy atom. The Labute approximate surface area is 115 Å². The third kappa shape index (κ3) is 2.95. The Kier molecular flexibility index (Phi) is 4.20. The molecule has 1 aliphatic rings. The van der Waals surface area contributed by atoms with Crippen LogP contribution in [0.2, 0.25) is 0 Å². The van der Waals surface area contributed by atoms with Gasteiger partial charge in [0.15, 0.2) is 0 Å². The highest BCUT2D eigenvalue weighted by molar-refractivity contribution is 5.94. The lowest BCUT2D eigenvalue weighted by molar-refractivity contribution is 0.0783. The zero-order chi connectivity index (χ0) is 14.0. The van der Waals surface area contributed by atoms with Crippen molar-refractivity contribution in [1.29, 1.82) is 0 Å². The van der Waals surface area contributed by atoms with E-state index < -0.39 is 0 Å². The van der Waals surface area contributed by atoms with Gasteiger partial charge >= 0.3 is 0 Å². The summed E-state index contributed by atoms with van der Waals surface area (Å²) in [5, 5.41) is 0. The van der Waals surface area contributed by atoms with Gasteiger partial charge in [-0.2, -0.15) is 0 Å². The number of hydrogen-bond acceptors (Lipinski definition) is 3. The molecule has 0 radical (unpaired) electrons. The van der Waals surface area contributed by atoms with E-state index in [0.29, 0.717) is 18.4 Å². The largest absolute Gasteiger partial charge is 0.337 e. The van der Waals surface area contributed by atoms with E-state index in [1.165, 1.54) is 0 Å². The summed E-state index contributed by atoms with van der Waals surface area (Å²) in [6.45, 7) is 7.80. The van der Waals surface area contributed by atoms with Crippen molar-refractivity contribution in [3.63, 3.8) is 0 Å². The fourth-order valence-corrected chi connectivity index (χ4v) is 2.71. The van der Waals surface area contributed by atoms with Gasteiger partial charge in [-0.25, -0.2) is 0 Å². The first-order valence-electron chi connectivity index (χ1n) is 7.02. The molecule has 1 aliphatic heterocycles. The van der Waals surface area contributed by atoms with Crippen LogP contribution in [0.3, 0.4) is 0 Å². The quantitative estimate of drug-likeness (QED) is 0.901. The molecule has 0 saturated carbocycles. The van der Waals surface area contributed by atoms with Gasteiger partial charge in [-0.1, -0.05) is 20.8 Å². The standard InChI is InChI=1S/C15H23N3O/c1-4-12-7-11(5-6-17-12)15(19)18-8-13(10(2)3)14(16)9-18/h5-7,10,13-14H,4,8-9,16H2,1-3H3/t13-,14+/m0/s1. The molecule has 0 unspecified atom stereocenters. The predicted molar refractivity (Wildman–Crippen MR) is 75.8 cm³/mol. The van der Waals surface area contributed by atoms with E-state index in [1.54, 1.807) is 12.3 Å². The summed E-state index contributed by atoms with van der Waals surface area (Å²) in [6, 6.07) is 3.77. The van der Waals surface area contributed by atoms with E-state index in [-0.39, 0.29) is 11.9 Å². The molecule has 2 heterocycles. The zero-order valence-electron chi connectivity index (χ0n) is 12.0. The van der Waals surface area contributed by atoms with Gasteiger partial charge in [-0.3, -0.25) is 9.78 Å². The number of aromatic nitrogens is 1. The summed E-state index contributed by atoms with van der Waals surface area (Å²) in [5.41, 5.74) is 7.81. The van der Waals surface area contributed by atoms with Gasteiger partial charge in [0.05, 0.1) is 0 Å².